The predicted molar refractivity (Wildman–Crippen MR) is 110 cm³/mol. The summed E-state index contributed by atoms with van der Waals surface area (Å²) < 4.78 is 11.0. The third-order valence-electron chi connectivity index (χ3n) is 3.82. The zero-order chi connectivity index (χ0) is 19.8. The second-order valence-corrected chi connectivity index (χ2v) is 7.96. The number of aromatic nitrogens is 2. The first-order valence-electron chi connectivity index (χ1n) is 9.00. The Hall–Kier alpha value is -2.17. The molecule has 28 heavy (non-hydrogen) atoms. The molecule has 0 bridgehead atoms. The molecule has 10 heteroatoms. The molecule has 2 heterocycles. The summed E-state index contributed by atoms with van der Waals surface area (Å²) >= 11 is 2.55. The maximum absolute atomic E-state index is 12.1. The number of benzene rings is 1. The predicted octanol–water partition coefficient (Wildman–Crippen LogP) is 3.10. The van der Waals surface area contributed by atoms with E-state index in [9.17, 15) is 9.59 Å². The topological polar surface area (TPSA) is 102 Å². The Bertz CT molecular complexity index is 808. The van der Waals surface area contributed by atoms with Crippen LogP contribution in [0.2, 0.25) is 0 Å². The first kappa shape index (κ1) is 20.6. The van der Waals surface area contributed by atoms with E-state index in [1.165, 1.54) is 23.1 Å². The van der Waals surface area contributed by atoms with Gasteiger partial charge in [-0.15, -0.1) is 22.0 Å². The Morgan fingerprint density at radius 1 is 1.25 bits per heavy atom. The van der Waals surface area contributed by atoms with Crippen molar-refractivity contribution in [2.24, 2.45) is 0 Å². The molecule has 1 aliphatic heterocycles. The Balaban J connectivity index is 1.40. The van der Waals surface area contributed by atoms with E-state index in [-0.39, 0.29) is 29.4 Å². The van der Waals surface area contributed by atoms with Crippen LogP contribution >= 0.6 is 23.1 Å². The molecule has 1 saturated heterocycles. The summed E-state index contributed by atoms with van der Waals surface area (Å²) in [5.74, 6) is 0.518. The normalized spacial score (nSPS) is 16.0. The summed E-state index contributed by atoms with van der Waals surface area (Å²) in [6, 6.07) is 7.25. The Morgan fingerprint density at radius 3 is 2.79 bits per heavy atom. The van der Waals surface area contributed by atoms with Gasteiger partial charge in [-0.2, -0.15) is 0 Å². The van der Waals surface area contributed by atoms with E-state index in [0.717, 1.165) is 24.5 Å². The lowest BCUT2D eigenvalue weighted by Crippen LogP contribution is -2.18. The van der Waals surface area contributed by atoms with Gasteiger partial charge in [0.2, 0.25) is 16.9 Å². The van der Waals surface area contributed by atoms with E-state index in [1.54, 1.807) is 12.1 Å². The van der Waals surface area contributed by atoms with Crippen LogP contribution in [-0.2, 0) is 14.3 Å². The fourth-order valence-corrected chi connectivity index (χ4v) is 4.08. The van der Waals surface area contributed by atoms with Gasteiger partial charge in [-0.05, 0) is 31.9 Å². The molecule has 150 valence electrons. The second-order valence-electron chi connectivity index (χ2n) is 5.97. The van der Waals surface area contributed by atoms with Crippen LogP contribution in [0.3, 0.4) is 0 Å². The molecule has 2 N–H and O–H groups in total. The molecular weight excluding hydrogens is 400 g/mol. The van der Waals surface area contributed by atoms with Crippen molar-refractivity contribution in [3.8, 4) is 5.75 Å². The largest absolute Gasteiger partial charge is 0.492 e. The molecule has 3 rings (SSSR count). The number of amides is 2. The van der Waals surface area contributed by atoms with E-state index in [4.69, 9.17) is 9.47 Å². The SMILES string of the molecule is CCOc1ccccc1NC(=O)CSCC(=O)Nc1nnc(C2CCCO2)s1. The van der Waals surface area contributed by atoms with Crippen LogP contribution in [0.25, 0.3) is 0 Å². The van der Waals surface area contributed by atoms with Crippen molar-refractivity contribution >= 4 is 45.7 Å². The molecule has 1 fully saturated rings. The Kier molecular flexibility index (Phi) is 7.63. The molecule has 1 unspecified atom stereocenters. The Morgan fingerprint density at radius 2 is 2.04 bits per heavy atom. The van der Waals surface area contributed by atoms with E-state index in [2.05, 4.69) is 20.8 Å². The highest BCUT2D eigenvalue weighted by Crippen LogP contribution is 2.31. The van der Waals surface area contributed by atoms with Gasteiger partial charge in [0.25, 0.3) is 0 Å². The smallest absolute Gasteiger partial charge is 0.236 e. The molecule has 1 aliphatic rings. The van der Waals surface area contributed by atoms with Crippen LogP contribution in [0.5, 0.6) is 5.75 Å². The molecule has 8 nitrogen and oxygen atoms in total. The zero-order valence-corrected chi connectivity index (χ0v) is 17.1. The van der Waals surface area contributed by atoms with Gasteiger partial charge >= 0.3 is 0 Å². The van der Waals surface area contributed by atoms with Crippen molar-refractivity contribution in [3.05, 3.63) is 29.3 Å². The van der Waals surface area contributed by atoms with Crippen LogP contribution in [0.15, 0.2) is 24.3 Å². The summed E-state index contributed by atoms with van der Waals surface area (Å²) in [6.07, 6.45) is 1.93. The third-order valence-corrected chi connectivity index (χ3v) is 5.68. The minimum absolute atomic E-state index is 0.0132. The number of carbonyl (C=O) groups is 2. The van der Waals surface area contributed by atoms with Gasteiger partial charge in [-0.1, -0.05) is 23.5 Å². The molecule has 0 aliphatic carbocycles. The van der Waals surface area contributed by atoms with Gasteiger partial charge in [-0.25, -0.2) is 0 Å². The third kappa shape index (κ3) is 5.91. The summed E-state index contributed by atoms with van der Waals surface area (Å²) in [5, 5.41) is 14.8. The first-order chi connectivity index (χ1) is 13.7. The van der Waals surface area contributed by atoms with E-state index in [1.807, 2.05) is 19.1 Å². The molecule has 2 amide bonds. The summed E-state index contributed by atoms with van der Waals surface area (Å²) in [4.78, 5) is 24.2. The van der Waals surface area contributed by atoms with Gasteiger partial charge in [0.05, 0.1) is 23.8 Å². The zero-order valence-electron chi connectivity index (χ0n) is 15.5. The summed E-state index contributed by atoms with van der Waals surface area (Å²) in [6.45, 7) is 3.14. The average Bonchev–Trinajstić information content (AvgIpc) is 3.35. The number of nitrogens with one attached hydrogen (secondary N) is 2. The number of anilines is 2. The fraction of sp³-hybridized carbons (Fsp3) is 0.444. The lowest BCUT2D eigenvalue weighted by Gasteiger charge is -2.11. The lowest BCUT2D eigenvalue weighted by molar-refractivity contribution is -0.114. The molecule has 0 spiro atoms. The first-order valence-corrected chi connectivity index (χ1v) is 11.0. The van der Waals surface area contributed by atoms with E-state index in [0.29, 0.717) is 23.2 Å². The maximum atomic E-state index is 12.1. The molecule has 1 atom stereocenters. The number of carbonyl (C=O) groups excluding carboxylic acids is 2. The van der Waals surface area contributed by atoms with Crippen molar-refractivity contribution in [2.75, 3.05) is 35.4 Å². The highest BCUT2D eigenvalue weighted by atomic mass is 32.2. The van der Waals surface area contributed by atoms with Crippen LogP contribution in [0.1, 0.15) is 30.9 Å². The van der Waals surface area contributed by atoms with Crippen molar-refractivity contribution in [3.63, 3.8) is 0 Å². The number of para-hydroxylation sites is 2. The highest BCUT2D eigenvalue weighted by Gasteiger charge is 2.22. The van der Waals surface area contributed by atoms with Crippen molar-refractivity contribution in [1.82, 2.24) is 10.2 Å². The van der Waals surface area contributed by atoms with Crippen LogP contribution in [-0.4, -0.2) is 46.7 Å². The summed E-state index contributed by atoms with van der Waals surface area (Å²) in [5.41, 5.74) is 0.620. The number of nitrogens with zero attached hydrogens (tertiary/aromatic N) is 2. The van der Waals surface area contributed by atoms with Crippen LogP contribution in [0.4, 0.5) is 10.8 Å². The van der Waals surface area contributed by atoms with Crippen molar-refractivity contribution < 1.29 is 19.1 Å². The minimum atomic E-state index is -0.220. The number of thioether (sulfide) groups is 1. The van der Waals surface area contributed by atoms with E-state index < -0.39 is 0 Å². The van der Waals surface area contributed by atoms with Crippen LogP contribution < -0.4 is 15.4 Å². The van der Waals surface area contributed by atoms with Crippen LogP contribution in [0, 0.1) is 0 Å². The molecule has 1 aromatic carbocycles. The number of rotatable bonds is 9. The van der Waals surface area contributed by atoms with Gasteiger partial charge in [0, 0.05) is 6.61 Å². The monoisotopic (exact) mass is 422 g/mol. The number of hydrogen-bond donors (Lipinski definition) is 2. The second kappa shape index (κ2) is 10.4. The van der Waals surface area contributed by atoms with E-state index >= 15 is 0 Å². The molecule has 0 radical (unpaired) electrons. The minimum Gasteiger partial charge on any atom is -0.492 e. The Labute approximate surface area is 171 Å². The lowest BCUT2D eigenvalue weighted by atomic mass is 10.2. The van der Waals surface area contributed by atoms with Gasteiger partial charge in [-0.3, -0.25) is 14.9 Å². The van der Waals surface area contributed by atoms with Gasteiger partial charge in [0.15, 0.2) is 0 Å². The molecule has 0 saturated carbocycles. The summed E-state index contributed by atoms with van der Waals surface area (Å²) in [7, 11) is 0. The highest BCUT2D eigenvalue weighted by molar-refractivity contribution is 8.00. The standard InChI is InChI=1S/C18H22N4O4S2/c1-2-25-13-7-4-3-6-12(13)19-15(23)10-27-11-16(24)20-18-22-21-17(28-18)14-8-5-9-26-14/h3-4,6-7,14H,2,5,8-11H2,1H3,(H,19,23)(H,20,22,24). The molecule has 1 aromatic heterocycles. The average molecular weight is 423 g/mol. The van der Waals surface area contributed by atoms with Gasteiger partial charge in [0.1, 0.15) is 16.9 Å². The molecule has 2 aromatic rings. The number of hydrogen-bond acceptors (Lipinski definition) is 8. The maximum Gasteiger partial charge on any atom is 0.236 e. The van der Waals surface area contributed by atoms with Crippen molar-refractivity contribution in [1.29, 1.82) is 0 Å². The van der Waals surface area contributed by atoms with Gasteiger partial charge < -0.3 is 14.8 Å². The molecular formula is C18H22N4O4S2. The number of ether oxygens (including phenoxy) is 2. The van der Waals surface area contributed by atoms with Crippen molar-refractivity contribution in [2.45, 2.75) is 25.9 Å². The fourth-order valence-electron chi connectivity index (χ4n) is 2.62. The quantitative estimate of drug-likeness (QED) is 0.640.